The van der Waals surface area contributed by atoms with Crippen LogP contribution in [0.3, 0.4) is 0 Å². The van der Waals surface area contributed by atoms with Crippen LogP contribution < -0.4 is 5.32 Å². The van der Waals surface area contributed by atoms with Crippen molar-refractivity contribution in [2.24, 2.45) is 0 Å². The van der Waals surface area contributed by atoms with Crippen LogP contribution in [-0.2, 0) is 16.1 Å². The summed E-state index contributed by atoms with van der Waals surface area (Å²) >= 11 is 1.56. The Labute approximate surface area is 182 Å². The highest BCUT2D eigenvalue weighted by molar-refractivity contribution is 8.00. The molecule has 1 aliphatic heterocycles. The van der Waals surface area contributed by atoms with E-state index in [0.29, 0.717) is 12.4 Å². The van der Waals surface area contributed by atoms with Crippen LogP contribution in [0.15, 0.2) is 54.6 Å². The summed E-state index contributed by atoms with van der Waals surface area (Å²) in [7, 11) is 0. The van der Waals surface area contributed by atoms with Crippen molar-refractivity contribution < 1.29 is 14.7 Å². The van der Waals surface area contributed by atoms with E-state index >= 15 is 0 Å². The van der Waals surface area contributed by atoms with Gasteiger partial charge in [0.15, 0.2) is 0 Å². The average Bonchev–Trinajstić information content (AvgIpc) is 3.07. The number of benzene rings is 2. The number of aryl methyl sites for hydroxylation is 1. The number of aliphatic hydroxyl groups is 1. The third-order valence-corrected chi connectivity index (χ3v) is 7.22. The van der Waals surface area contributed by atoms with Gasteiger partial charge in [-0.25, -0.2) is 0 Å². The molecule has 0 spiro atoms. The van der Waals surface area contributed by atoms with E-state index in [1.165, 1.54) is 4.90 Å². The number of thioether (sulfide) groups is 1. The third kappa shape index (κ3) is 4.71. The van der Waals surface area contributed by atoms with Crippen molar-refractivity contribution in [3.05, 3.63) is 71.3 Å². The molecule has 0 bridgehead atoms. The van der Waals surface area contributed by atoms with Crippen LogP contribution in [0.4, 0.5) is 0 Å². The fourth-order valence-corrected chi connectivity index (χ4v) is 4.96. The van der Waals surface area contributed by atoms with Gasteiger partial charge in [-0.15, -0.1) is 11.8 Å². The van der Waals surface area contributed by atoms with E-state index in [0.717, 1.165) is 16.7 Å². The Hall–Kier alpha value is -2.31. The highest BCUT2D eigenvalue weighted by Crippen LogP contribution is 2.40. The molecule has 0 aliphatic carbocycles. The van der Waals surface area contributed by atoms with E-state index in [1.807, 2.05) is 82.3 Å². The van der Waals surface area contributed by atoms with E-state index in [-0.39, 0.29) is 11.8 Å². The Morgan fingerprint density at radius 1 is 1.17 bits per heavy atom. The number of carbonyl (C=O) groups is 2. The third-order valence-electron chi connectivity index (χ3n) is 5.84. The molecule has 1 aliphatic rings. The second-order valence-corrected chi connectivity index (χ2v) is 9.98. The number of hydrogen-bond donors (Lipinski definition) is 2. The zero-order valence-electron chi connectivity index (χ0n) is 18.0. The summed E-state index contributed by atoms with van der Waals surface area (Å²) in [6.45, 7) is 8.19. The van der Waals surface area contributed by atoms with Gasteiger partial charge in [-0.05, 0) is 37.5 Å². The van der Waals surface area contributed by atoms with Crippen LogP contribution in [-0.4, -0.2) is 44.6 Å². The lowest BCUT2D eigenvalue weighted by Crippen LogP contribution is -2.55. The molecule has 3 atom stereocenters. The monoisotopic (exact) mass is 426 g/mol. The van der Waals surface area contributed by atoms with E-state index in [4.69, 9.17) is 0 Å². The molecule has 30 heavy (non-hydrogen) atoms. The number of carbonyl (C=O) groups excluding carboxylic acids is 2. The van der Waals surface area contributed by atoms with Crippen molar-refractivity contribution >= 4 is 23.6 Å². The Morgan fingerprint density at radius 2 is 1.80 bits per heavy atom. The summed E-state index contributed by atoms with van der Waals surface area (Å²) in [5, 5.41) is 13.8. The Morgan fingerprint density at radius 3 is 2.47 bits per heavy atom. The highest BCUT2D eigenvalue weighted by Gasteiger charge is 2.49. The fraction of sp³-hybridized carbons (Fsp3) is 0.417. The number of nitrogens with zero attached hydrogens (tertiary/aromatic N) is 1. The predicted octanol–water partition coefficient (Wildman–Crippen LogP) is 3.46. The zero-order chi connectivity index (χ0) is 21.9. The summed E-state index contributed by atoms with van der Waals surface area (Å²) < 4.78 is -0.443. The van der Waals surface area contributed by atoms with Crippen molar-refractivity contribution in [1.82, 2.24) is 10.2 Å². The first-order valence-electron chi connectivity index (χ1n) is 10.2. The van der Waals surface area contributed by atoms with Crippen LogP contribution in [0, 0.1) is 6.92 Å². The maximum absolute atomic E-state index is 13.2. The minimum atomic E-state index is -1.20. The van der Waals surface area contributed by atoms with Gasteiger partial charge in [0.25, 0.3) is 5.91 Å². The molecule has 0 saturated carbocycles. The molecule has 2 N–H and O–H groups in total. The lowest BCUT2D eigenvalue weighted by Gasteiger charge is -2.32. The number of hydrogen-bond acceptors (Lipinski definition) is 4. The number of nitrogens with one attached hydrogen (secondary N) is 1. The maximum Gasteiger partial charge on any atom is 0.253 e. The summed E-state index contributed by atoms with van der Waals surface area (Å²) in [5.74, 6) is -0.572. The number of aliphatic hydroxyl groups excluding tert-OH is 1. The van der Waals surface area contributed by atoms with Gasteiger partial charge in [0.05, 0.1) is 5.88 Å². The molecule has 3 rings (SSSR count). The van der Waals surface area contributed by atoms with Crippen LogP contribution >= 0.6 is 11.8 Å². The molecule has 2 aromatic rings. The molecule has 1 saturated heterocycles. The lowest BCUT2D eigenvalue weighted by molar-refractivity contribution is -0.146. The highest BCUT2D eigenvalue weighted by atomic mass is 32.2. The van der Waals surface area contributed by atoms with Crippen molar-refractivity contribution in [2.45, 2.75) is 57.1 Å². The minimum Gasteiger partial charge on any atom is -0.383 e. The van der Waals surface area contributed by atoms with Gasteiger partial charge in [0.2, 0.25) is 5.91 Å². The summed E-state index contributed by atoms with van der Waals surface area (Å²) in [6.07, 6.45) is -1.20. The van der Waals surface area contributed by atoms with Crippen LogP contribution in [0.1, 0.15) is 43.4 Å². The summed E-state index contributed by atoms with van der Waals surface area (Å²) in [6, 6.07) is 16.7. The topological polar surface area (TPSA) is 69.6 Å². The minimum absolute atomic E-state index is 0.193. The molecular weight excluding hydrogens is 396 g/mol. The molecule has 2 aromatic carbocycles. The maximum atomic E-state index is 13.2. The zero-order valence-corrected chi connectivity index (χ0v) is 18.8. The Bertz CT molecular complexity index is 900. The summed E-state index contributed by atoms with van der Waals surface area (Å²) in [5.41, 5.74) is 3.05. The molecule has 1 heterocycles. The standard InChI is InChI=1S/C24H30N2O3S/c1-16-10-8-9-13-19(16)14-25-22(28)21-24(3,4)30-15-26(21)23(29)20(27)17(2)18-11-6-5-7-12-18/h5-13,17,20-21,27H,14-15H2,1-4H3,(H,25,28). The smallest absolute Gasteiger partial charge is 0.253 e. The van der Waals surface area contributed by atoms with Gasteiger partial charge in [-0.3, -0.25) is 9.59 Å². The molecule has 1 fully saturated rings. The van der Waals surface area contributed by atoms with Gasteiger partial charge in [0, 0.05) is 17.2 Å². The van der Waals surface area contributed by atoms with E-state index in [9.17, 15) is 14.7 Å². The molecule has 0 radical (unpaired) electrons. The molecule has 3 unspecified atom stereocenters. The van der Waals surface area contributed by atoms with E-state index in [2.05, 4.69) is 5.32 Å². The van der Waals surface area contributed by atoms with E-state index in [1.54, 1.807) is 11.8 Å². The van der Waals surface area contributed by atoms with E-state index < -0.39 is 22.8 Å². The predicted molar refractivity (Wildman–Crippen MR) is 121 cm³/mol. The molecule has 6 heteroatoms. The fourth-order valence-electron chi connectivity index (χ4n) is 3.82. The molecule has 2 amide bonds. The Kier molecular flexibility index (Phi) is 6.88. The van der Waals surface area contributed by atoms with Gasteiger partial charge in [0.1, 0.15) is 12.1 Å². The first-order valence-corrected chi connectivity index (χ1v) is 11.2. The average molecular weight is 427 g/mol. The summed E-state index contributed by atoms with van der Waals surface area (Å²) in [4.78, 5) is 27.8. The number of rotatable bonds is 6. The van der Waals surface area contributed by atoms with Gasteiger partial charge >= 0.3 is 0 Å². The quantitative estimate of drug-likeness (QED) is 0.742. The molecule has 5 nitrogen and oxygen atoms in total. The second kappa shape index (κ2) is 9.23. The Balaban J connectivity index is 1.74. The second-order valence-electron chi connectivity index (χ2n) is 8.38. The number of amides is 2. The van der Waals surface area contributed by atoms with Crippen molar-refractivity contribution in [3.8, 4) is 0 Å². The first kappa shape index (κ1) is 22.4. The van der Waals surface area contributed by atoms with Gasteiger partial charge in [-0.2, -0.15) is 0 Å². The van der Waals surface area contributed by atoms with Crippen LogP contribution in [0.25, 0.3) is 0 Å². The molecule has 160 valence electrons. The molecular formula is C24H30N2O3S. The SMILES string of the molecule is Cc1ccccc1CNC(=O)C1N(C(=O)C(O)C(C)c2ccccc2)CSC1(C)C. The molecule has 0 aromatic heterocycles. The largest absolute Gasteiger partial charge is 0.383 e. The normalized spacial score (nSPS) is 19.9. The van der Waals surface area contributed by atoms with Gasteiger partial charge in [-0.1, -0.05) is 61.5 Å². The first-order chi connectivity index (χ1) is 14.2. The van der Waals surface area contributed by atoms with Gasteiger partial charge < -0.3 is 15.3 Å². The van der Waals surface area contributed by atoms with Crippen LogP contribution in [0.2, 0.25) is 0 Å². The van der Waals surface area contributed by atoms with Crippen molar-refractivity contribution in [3.63, 3.8) is 0 Å². The van der Waals surface area contributed by atoms with Crippen molar-refractivity contribution in [2.75, 3.05) is 5.88 Å². The lowest BCUT2D eigenvalue weighted by atomic mass is 9.93. The van der Waals surface area contributed by atoms with Crippen molar-refractivity contribution in [1.29, 1.82) is 0 Å². The van der Waals surface area contributed by atoms with Crippen LogP contribution in [0.5, 0.6) is 0 Å².